The van der Waals surface area contributed by atoms with E-state index < -0.39 is 0 Å². The van der Waals surface area contributed by atoms with Crippen LogP contribution in [-0.2, 0) is 4.74 Å². The first-order valence-electron chi connectivity index (χ1n) is 7.71. The maximum Gasteiger partial charge on any atom is 0.0593 e. The third kappa shape index (κ3) is 4.52. The van der Waals surface area contributed by atoms with E-state index in [1.165, 1.54) is 51.7 Å². The molecule has 2 rings (SSSR count). The van der Waals surface area contributed by atoms with Gasteiger partial charge in [0, 0.05) is 26.2 Å². The Kier molecular flexibility index (Phi) is 5.46. The molecule has 0 aromatic rings. The second kappa shape index (κ2) is 6.88. The number of nitrogens with zero attached hydrogens (tertiary/aromatic N) is 1. The molecule has 2 aliphatic rings. The van der Waals surface area contributed by atoms with E-state index in [1.54, 1.807) is 0 Å². The predicted molar refractivity (Wildman–Crippen MR) is 75.9 cm³/mol. The monoisotopic (exact) mass is 254 g/mol. The fourth-order valence-corrected chi connectivity index (χ4v) is 3.16. The van der Waals surface area contributed by atoms with Crippen molar-refractivity contribution in [3.63, 3.8) is 0 Å². The first-order chi connectivity index (χ1) is 8.74. The van der Waals surface area contributed by atoms with Crippen molar-refractivity contribution in [1.29, 1.82) is 0 Å². The van der Waals surface area contributed by atoms with E-state index in [1.807, 2.05) is 0 Å². The summed E-state index contributed by atoms with van der Waals surface area (Å²) in [4.78, 5) is 2.47. The summed E-state index contributed by atoms with van der Waals surface area (Å²) >= 11 is 0. The highest BCUT2D eigenvalue weighted by Crippen LogP contribution is 2.31. The lowest BCUT2D eigenvalue weighted by Gasteiger charge is -2.32. The summed E-state index contributed by atoms with van der Waals surface area (Å²) in [7, 11) is 2.25. The van der Waals surface area contributed by atoms with Crippen LogP contribution in [0, 0.1) is 11.3 Å². The van der Waals surface area contributed by atoms with Gasteiger partial charge in [-0.15, -0.1) is 0 Å². The van der Waals surface area contributed by atoms with Crippen LogP contribution in [0.1, 0.15) is 39.0 Å². The Hall–Kier alpha value is -0.120. The maximum atomic E-state index is 5.73. The van der Waals surface area contributed by atoms with Crippen LogP contribution in [0.2, 0.25) is 0 Å². The lowest BCUT2D eigenvalue weighted by Crippen LogP contribution is -2.38. The van der Waals surface area contributed by atoms with Crippen LogP contribution >= 0.6 is 0 Å². The molecule has 1 saturated heterocycles. The van der Waals surface area contributed by atoms with Gasteiger partial charge in [-0.25, -0.2) is 0 Å². The molecule has 0 bridgehead atoms. The van der Waals surface area contributed by atoms with E-state index in [4.69, 9.17) is 4.74 Å². The summed E-state index contributed by atoms with van der Waals surface area (Å²) in [5.74, 6) is 0.890. The molecule has 1 aliphatic heterocycles. The van der Waals surface area contributed by atoms with Crippen LogP contribution < -0.4 is 5.32 Å². The Morgan fingerprint density at radius 2 is 2.22 bits per heavy atom. The zero-order valence-corrected chi connectivity index (χ0v) is 12.2. The van der Waals surface area contributed by atoms with Crippen LogP contribution in [0.4, 0.5) is 0 Å². The van der Waals surface area contributed by atoms with Crippen LogP contribution in [0.5, 0.6) is 0 Å². The molecule has 1 atom stereocenters. The minimum Gasteiger partial charge on any atom is -0.380 e. The Balaban J connectivity index is 1.62. The molecule has 1 heterocycles. The molecule has 1 N–H and O–H groups in total. The molecule has 1 aliphatic carbocycles. The van der Waals surface area contributed by atoms with E-state index in [9.17, 15) is 0 Å². The zero-order valence-electron chi connectivity index (χ0n) is 12.2. The molecule has 18 heavy (non-hydrogen) atoms. The van der Waals surface area contributed by atoms with Crippen molar-refractivity contribution in [2.75, 3.05) is 46.4 Å². The lowest BCUT2D eigenvalue weighted by atomic mass is 9.82. The first kappa shape index (κ1) is 14.3. The van der Waals surface area contributed by atoms with E-state index in [2.05, 4.69) is 24.2 Å². The van der Waals surface area contributed by atoms with E-state index in [0.29, 0.717) is 5.41 Å². The lowest BCUT2D eigenvalue weighted by molar-refractivity contribution is 0.0875. The first-order valence-corrected chi connectivity index (χ1v) is 7.71. The second-order valence-electron chi connectivity index (χ2n) is 6.43. The summed E-state index contributed by atoms with van der Waals surface area (Å²) in [6.45, 7) is 8.91. The number of rotatable bonds is 9. The number of nitrogens with one attached hydrogen (secondary N) is 1. The minimum absolute atomic E-state index is 0.528. The summed E-state index contributed by atoms with van der Waals surface area (Å²) in [5, 5.41) is 3.54. The van der Waals surface area contributed by atoms with Gasteiger partial charge in [-0.05, 0) is 50.6 Å². The molecule has 1 saturated carbocycles. The molecule has 3 nitrogen and oxygen atoms in total. The van der Waals surface area contributed by atoms with Gasteiger partial charge in [-0.1, -0.05) is 13.3 Å². The molecule has 0 aromatic carbocycles. The van der Waals surface area contributed by atoms with E-state index in [0.717, 1.165) is 25.7 Å². The van der Waals surface area contributed by atoms with Crippen LogP contribution in [0.3, 0.4) is 0 Å². The maximum absolute atomic E-state index is 5.73. The Bertz CT molecular complexity index is 235. The number of hydrogen-bond donors (Lipinski definition) is 1. The average molecular weight is 254 g/mol. The van der Waals surface area contributed by atoms with Gasteiger partial charge in [0.25, 0.3) is 0 Å². The van der Waals surface area contributed by atoms with Crippen LogP contribution in [-0.4, -0.2) is 51.3 Å². The van der Waals surface area contributed by atoms with Gasteiger partial charge < -0.3 is 15.0 Å². The van der Waals surface area contributed by atoms with Crippen molar-refractivity contribution in [2.45, 2.75) is 39.0 Å². The van der Waals surface area contributed by atoms with Gasteiger partial charge >= 0.3 is 0 Å². The van der Waals surface area contributed by atoms with Crippen molar-refractivity contribution >= 4 is 0 Å². The third-order valence-corrected chi connectivity index (χ3v) is 4.39. The van der Waals surface area contributed by atoms with Crippen LogP contribution in [0.15, 0.2) is 0 Å². The highest BCUT2D eigenvalue weighted by atomic mass is 16.5. The Morgan fingerprint density at radius 3 is 2.83 bits per heavy atom. The van der Waals surface area contributed by atoms with E-state index >= 15 is 0 Å². The largest absolute Gasteiger partial charge is 0.380 e. The fourth-order valence-electron chi connectivity index (χ4n) is 3.16. The SMILES string of the molecule is CCCC1(CN(C)CCOCC2CC2)CCNC1. The average Bonchev–Trinajstić information content (AvgIpc) is 3.06. The topological polar surface area (TPSA) is 24.5 Å². The summed E-state index contributed by atoms with van der Waals surface area (Å²) in [6.07, 6.45) is 6.78. The van der Waals surface area contributed by atoms with Gasteiger partial charge in [0.1, 0.15) is 0 Å². The number of likely N-dealkylation sites (N-methyl/N-ethyl adjacent to an activating group) is 1. The van der Waals surface area contributed by atoms with Crippen molar-refractivity contribution in [2.24, 2.45) is 11.3 Å². The van der Waals surface area contributed by atoms with Crippen molar-refractivity contribution in [1.82, 2.24) is 10.2 Å². The Labute approximate surface area is 112 Å². The predicted octanol–water partition coefficient (Wildman–Crippen LogP) is 2.12. The molecule has 0 spiro atoms. The standard InChI is InChI=1S/C15H30N2O/c1-3-6-15(7-8-16-12-15)13-17(2)9-10-18-11-14-4-5-14/h14,16H,3-13H2,1-2H3. The normalized spacial score (nSPS) is 28.2. The molecule has 1 unspecified atom stereocenters. The van der Waals surface area contributed by atoms with Gasteiger partial charge in [-0.3, -0.25) is 0 Å². The molecule has 0 aromatic heterocycles. The summed E-state index contributed by atoms with van der Waals surface area (Å²) in [5.41, 5.74) is 0.528. The van der Waals surface area contributed by atoms with Gasteiger partial charge in [0.15, 0.2) is 0 Å². The van der Waals surface area contributed by atoms with Crippen LogP contribution in [0.25, 0.3) is 0 Å². The highest BCUT2D eigenvalue weighted by molar-refractivity contribution is 4.89. The van der Waals surface area contributed by atoms with Gasteiger partial charge in [0.05, 0.1) is 6.61 Å². The second-order valence-corrected chi connectivity index (χ2v) is 6.43. The Morgan fingerprint density at radius 1 is 1.39 bits per heavy atom. The fraction of sp³-hybridized carbons (Fsp3) is 1.00. The summed E-state index contributed by atoms with van der Waals surface area (Å²) in [6, 6.07) is 0. The molecule has 2 fully saturated rings. The van der Waals surface area contributed by atoms with Gasteiger partial charge in [0.2, 0.25) is 0 Å². The van der Waals surface area contributed by atoms with E-state index in [-0.39, 0.29) is 0 Å². The number of ether oxygens (including phenoxy) is 1. The van der Waals surface area contributed by atoms with Crippen molar-refractivity contribution < 1.29 is 4.74 Å². The number of hydrogen-bond acceptors (Lipinski definition) is 3. The third-order valence-electron chi connectivity index (χ3n) is 4.39. The van der Waals surface area contributed by atoms with Crippen molar-refractivity contribution in [3.05, 3.63) is 0 Å². The zero-order chi connectivity index (χ0) is 12.8. The molecule has 0 radical (unpaired) electrons. The molecule has 0 amide bonds. The molecule has 106 valence electrons. The van der Waals surface area contributed by atoms with Crippen molar-refractivity contribution in [3.8, 4) is 0 Å². The quantitative estimate of drug-likeness (QED) is 0.638. The minimum atomic E-state index is 0.528. The smallest absolute Gasteiger partial charge is 0.0593 e. The molecular formula is C15H30N2O. The summed E-state index contributed by atoms with van der Waals surface area (Å²) < 4.78 is 5.73. The molecular weight excluding hydrogens is 224 g/mol. The van der Waals surface area contributed by atoms with Gasteiger partial charge in [-0.2, -0.15) is 0 Å². The molecule has 3 heteroatoms. The highest BCUT2D eigenvalue weighted by Gasteiger charge is 2.33.